The number of piperazine rings is 1. The zero-order valence-corrected chi connectivity index (χ0v) is 20.9. The van der Waals surface area contributed by atoms with Crippen LogP contribution in [0, 0.1) is 0 Å². The van der Waals surface area contributed by atoms with E-state index in [2.05, 4.69) is 45.4 Å². The number of amides is 2. The van der Waals surface area contributed by atoms with Crippen molar-refractivity contribution in [3.05, 3.63) is 93.7 Å². The lowest BCUT2D eigenvalue weighted by Gasteiger charge is -2.39. The third kappa shape index (κ3) is 5.17. The lowest BCUT2D eigenvalue weighted by molar-refractivity contribution is -0.124. The first-order valence-electron chi connectivity index (χ1n) is 12.3. The average molecular weight is 489 g/mol. The molecule has 0 radical (unpaired) electrons. The monoisotopic (exact) mass is 488 g/mol. The predicted molar refractivity (Wildman–Crippen MR) is 140 cm³/mol. The van der Waals surface area contributed by atoms with Gasteiger partial charge in [0.2, 0.25) is 5.91 Å². The highest BCUT2D eigenvalue weighted by Crippen LogP contribution is 2.43. The van der Waals surface area contributed by atoms with Crippen molar-refractivity contribution in [3.63, 3.8) is 0 Å². The van der Waals surface area contributed by atoms with Crippen LogP contribution in [0.15, 0.2) is 72.1 Å². The molecule has 0 spiro atoms. The fraction of sp³-hybridized carbons (Fsp3) is 0.357. The minimum Gasteiger partial charge on any atom is -0.354 e. The number of fused-ring (bicyclic) bond motifs is 1. The summed E-state index contributed by atoms with van der Waals surface area (Å²) in [4.78, 5) is 34.3. The number of nitrogens with one attached hydrogen (secondary N) is 1. The van der Waals surface area contributed by atoms with Gasteiger partial charge in [-0.3, -0.25) is 19.4 Å². The van der Waals surface area contributed by atoms with Crippen LogP contribution in [0.25, 0.3) is 0 Å². The summed E-state index contributed by atoms with van der Waals surface area (Å²) < 4.78 is 0. The van der Waals surface area contributed by atoms with Crippen LogP contribution in [0.3, 0.4) is 0 Å². The number of carbonyl (C=O) groups is 2. The summed E-state index contributed by atoms with van der Waals surface area (Å²) in [5.74, 6) is -0.468. The Kier molecular flexibility index (Phi) is 7.27. The van der Waals surface area contributed by atoms with Crippen molar-refractivity contribution < 1.29 is 9.59 Å². The number of benzene rings is 2. The van der Waals surface area contributed by atoms with Crippen LogP contribution in [0.5, 0.6) is 0 Å². The van der Waals surface area contributed by atoms with E-state index in [1.807, 2.05) is 41.8 Å². The van der Waals surface area contributed by atoms with E-state index in [0.29, 0.717) is 12.1 Å². The predicted octanol–water partition coefficient (Wildman–Crippen LogP) is 3.59. The Bertz CT molecular complexity index is 1140. The molecular weight excluding hydrogens is 456 g/mol. The maximum atomic E-state index is 13.5. The molecule has 5 rings (SSSR count). The summed E-state index contributed by atoms with van der Waals surface area (Å²) in [5, 5.41) is 5.19. The number of rotatable bonds is 7. The summed E-state index contributed by atoms with van der Waals surface area (Å²) in [6.07, 6.45) is 0. The Balaban J connectivity index is 1.20. The molecule has 0 aliphatic carbocycles. The first kappa shape index (κ1) is 23.7. The van der Waals surface area contributed by atoms with Crippen LogP contribution < -0.4 is 5.32 Å². The fourth-order valence-electron chi connectivity index (χ4n) is 5.23. The van der Waals surface area contributed by atoms with Gasteiger partial charge in [0.15, 0.2) is 0 Å². The molecule has 2 atom stereocenters. The van der Waals surface area contributed by atoms with Crippen LogP contribution in [0.2, 0.25) is 0 Å². The SMILES string of the molecule is CN1C(=O)c2ccccc2[C@H](C(=O)NCCN2CCN(Cc3ccccc3)CC2)[C@@H]1c1cccs1. The first-order valence-corrected chi connectivity index (χ1v) is 13.2. The van der Waals surface area contributed by atoms with Crippen molar-refractivity contribution in [2.75, 3.05) is 46.3 Å². The lowest BCUT2D eigenvalue weighted by Crippen LogP contribution is -2.49. The van der Waals surface area contributed by atoms with E-state index in [1.165, 1.54) is 5.56 Å². The molecule has 1 N–H and O–H groups in total. The van der Waals surface area contributed by atoms with Crippen molar-refractivity contribution in [1.82, 2.24) is 20.0 Å². The Morgan fingerprint density at radius 2 is 1.66 bits per heavy atom. The molecule has 2 aliphatic heterocycles. The number of hydrogen-bond acceptors (Lipinski definition) is 5. The molecule has 3 aromatic rings. The van der Waals surface area contributed by atoms with Crippen molar-refractivity contribution >= 4 is 23.2 Å². The van der Waals surface area contributed by atoms with Crippen molar-refractivity contribution in [1.29, 1.82) is 0 Å². The van der Waals surface area contributed by atoms with E-state index in [0.717, 1.165) is 49.7 Å². The van der Waals surface area contributed by atoms with Crippen molar-refractivity contribution in [3.8, 4) is 0 Å². The van der Waals surface area contributed by atoms with Gasteiger partial charge in [0.1, 0.15) is 0 Å². The Morgan fingerprint density at radius 1 is 0.943 bits per heavy atom. The molecule has 1 fully saturated rings. The molecule has 182 valence electrons. The minimum atomic E-state index is -0.421. The van der Waals surface area contributed by atoms with Gasteiger partial charge in [0.05, 0.1) is 12.0 Å². The minimum absolute atomic E-state index is 0.0158. The van der Waals surface area contributed by atoms with Gasteiger partial charge < -0.3 is 10.2 Å². The summed E-state index contributed by atoms with van der Waals surface area (Å²) >= 11 is 1.59. The molecule has 2 amide bonds. The van der Waals surface area contributed by atoms with E-state index in [9.17, 15) is 9.59 Å². The van der Waals surface area contributed by atoms with Gasteiger partial charge in [0.25, 0.3) is 5.91 Å². The summed E-state index contributed by atoms with van der Waals surface area (Å²) in [7, 11) is 1.80. The van der Waals surface area contributed by atoms with Crippen LogP contribution in [0.1, 0.15) is 38.3 Å². The smallest absolute Gasteiger partial charge is 0.254 e. The number of likely N-dealkylation sites (N-methyl/N-ethyl adjacent to an activating group) is 1. The van der Waals surface area contributed by atoms with Gasteiger partial charge in [-0.2, -0.15) is 0 Å². The maximum absolute atomic E-state index is 13.5. The zero-order chi connectivity index (χ0) is 24.2. The van der Waals surface area contributed by atoms with Crippen LogP contribution in [-0.2, 0) is 11.3 Å². The Hall–Kier alpha value is -3.00. The highest BCUT2D eigenvalue weighted by Gasteiger charge is 2.42. The second-order valence-electron chi connectivity index (χ2n) is 9.34. The molecule has 0 bridgehead atoms. The van der Waals surface area contributed by atoms with E-state index in [1.54, 1.807) is 23.3 Å². The number of hydrogen-bond donors (Lipinski definition) is 1. The molecule has 1 saturated heterocycles. The second kappa shape index (κ2) is 10.7. The number of thiophene rings is 1. The Labute approximate surface area is 211 Å². The van der Waals surface area contributed by atoms with E-state index in [-0.39, 0.29) is 17.9 Å². The van der Waals surface area contributed by atoms with Gasteiger partial charge in [-0.1, -0.05) is 54.6 Å². The second-order valence-corrected chi connectivity index (χ2v) is 10.3. The van der Waals surface area contributed by atoms with E-state index < -0.39 is 5.92 Å². The maximum Gasteiger partial charge on any atom is 0.254 e. The third-order valence-corrected chi connectivity index (χ3v) is 8.08. The summed E-state index contributed by atoms with van der Waals surface area (Å²) in [6.45, 7) is 6.50. The first-order chi connectivity index (χ1) is 17.1. The quantitative estimate of drug-likeness (QED) is 0.552. The molecule has 3 heterocycles. The van der Waals surface area contributed by atoms with Gasteiger partial charge in [-0.05, 0) is 28.6 Å². The van der Waals surface area contributed by atoms with E-state index >= 15 is 0 Å². The molecule has 35 heavy (non-hydrogen) atoms. The highest BCUT2D eigenvalue weighted by atomic mass is 32.1. The summed E-state index contributed by atoms with van der Waals surface area (Å²) in [5.41, 5.74) is 2.79. The zero-order valence-electron chi connectivity index (χ0n) is 20.1. The molecule has 7 heteroatoms. The molecule has 6 nitrogen and oxygen atoms in total. The van der Waals surface area contributed by atoms with Crippen LogP contribution in [-0.4, -0.2) is 72.8 Å². The number of carbonyl (C=O) groups excluding carboxylic acids is 2. The molecule has 2 aliphatic rings. The number of nitrogens with zero attached hydrogens (tertiary/aromatic N) is 3. The third-order valence-electron chi connectivity index (χ3n) is 7.14. The van der Waals surface area contributed by atoms with Gasteiger partial charge >= 0.3 is 0 Å². The standard InChI is InChI=1S/C28H32N4O2S/c1-30-26(24-12-7-19-35-24)25(22-10-5-6-11-23(22)28(30)34)27(33)29-13-14-31-15-17-32(18-16-31)20-21-8-3-2-4-9-21/h2-12,19,25-26H,13-18,20H2,1H3,(H,29,33)/t25-,26-/m0/s1. The van der Waals surface area contributed by atoms with Crippen molar-refractivity contribution in [2.24, 2.45) is 0 Å². The Morgan fingerprint density at radius 3 is 2.40 bits per heavy atom. The van der Waals surface area contributed by atoms with Crippen LogP contribution >= 0.6 is 11.3 Å². The molecule has 0 saturated carbocycles. The molecule has 1 aromatic heterocycles. The van der Waals surface area contributed by atoms with Gasteiger partial charge in [-0.25, -0.2) is 0 Å². The van der Waals surface area contributed by atoms with Gasteiger partial charge in [-0.15, -0.1) is 11.3 Å². The topological polar surface area (TPSA) is 55.9 Å². The lowest BCUT2D eigenvalue weighted by atomic mass is 9.82. The molecule has 0 unspecified atom stereocenters. The highest BCUT2D eigenvalue weighted by molar-refractivity contribution is 7.10. The van der Waals surface area contributed by atoms with Gasteiger partial charge in [0, 0.05) is 63.3 Å². The largest absolute Gasteiger partial charge is 0.354 e. The average Bonchev–Trinajstić information content (AvgIpc) is 3.42. The van der Waals surface area contributed by atoms with Crippen LogP contribution in [0.4, 0.5) is 0 Å². The molecule has 2 aromatic carbocycles. The normalized spacial score (nSPS) is 21.1. The molecular formula is C28H32N4O2S. The van der Waals surface area contributed by atoms with E-state index in [4.69, 9.17) is 0 Å². The summed E-state index contributed by atoms with van der Waals surface area (Å²) in [6, 6.07) is 21.8. The fourth-order valence-corrected chi connectivity index (χ4v) is 6.14. The van der Waals surface area contributed by atoms with Crippen molar-refractivity contribution in [2.45, 2.75) is 18.5 Å².